The van der Waals surface area contributed by atoms with E-state index < -0.39 is 0 Å². The first-order chi connectivity index (χ1) is 10.3. The van der Waals surface area contributed by atoms with E-state index in [9.17, 15) is 0 Å². The van der Waals surface area contributed by atoms with Crippen molar-refractivity contribution in [3.8, 4) is 0 Å². The summed E-state index contributed by atoms with van der Waals surface area (Å²) < 4.78 is 0. The predicted octanol–water partition coefficient (Wildman–Crippen LogP) is 3.90. The zero-order chi connectivity index (χ0) is 14.7. The van der Waals surface area contributed by atoms with Gasteiger partial charge in [-0.15, -0.1) is 0 Å². The normalized spacial score (nSPS) is 39.7. The highest BCUT2D eigenvalue weighted by atomic mass is 32.2. The molecule has 4 atom stereocenters. The zero-order valence-corrected chi connectivity index (χ0v) is 14.8. The summed E-state index contributed by atoms with van der Waals surface area (Å²) in [6.07, 6.45) is 15.2. The van der Waals surface area contributed by atoms with Crippen LogP contribution in [0.2, 0.25) is 0 Å². The number of rotatable bonds is 4. The molecule has 1 heterocycles. The number of nitrogens with one attached hydrogen (secondary N) is 1. The van der Waals surface area contributed by atoms with Gasteiger partial charge in [0.15, 0.2) is 0 Å². The van der Waals surface area contributed by atoms with Crippen molar-refractivity contribution in [2.75, 3.05) is 19.3 Å². The van der Waals surface area contributed by atoms with Crippen molar-refractivity contribution in [3.05, 3.63) is 0 Å². The minimum absolute atomic E-state index is 0.790. The minimum atomic E-state index is 0.790. The van der Waals surface area contributed by atoms with Gasteiger partial charge in [-0.25, -0.2) is 0 Å². The van der Waals surface area contributed by atoms with Crippen LogP contribution >= 0.6 is 11.8 Å². The van der Waals surface area contributed by atoms with E-state index in [4.69, 9.17) is 0 Å². The lowest BCUT2D eigenvalue weighted by Crippen LogP contribution is -2.51. The third-order valence-electron chi connectivity index (χ3n) is 6.27. The van der Waals surface area contributed by atoms with E-state index in [1.165, 1.54) is 70.9 Å². The van der Waals surface area contributed by atoms with Crippen molar-refractivity contribution in [2.45, 2.75) is 88.1 Å². The first-order valence-corrected chi connectivity index (χ1v) is 10.6. The smallest absolute Gasteiger partial charge is 0.0198 e. The molecule has 21 heavy (non-hydrogen) atoms. The van der Waals surface area contributed by atoms with Crippen LogP contribution < -0.4 is 5.32 Å². The molecule has 0 aromatic heterocycles. The average molecular weight is 311 g/mol. The van der Waals surface area contributed by atoms with Crippen LogP contribution in [0.5, 0.6) is 0 Å². The maximum atomic E-state index is 4.01. The van der Waals surface area contributed by atoms with Gasteiger partial charge in [0, 0.05) is 23.4 Å². The molecular weight excluding hydrogens is 276 g/mol. The Morgan fingerprint density at radius 3 is 2.38 bits per heavy atom. The second kappa shape index (κ2) is 7.70. The summed E-state index contributed by atoms with van der Waals surface area (Å²) in [5, 5.41) is 4.88. The Kier molecular flexibility index (Phi) is 5.92. The van der Waals surface area contributed by atoms with E-state index in [0.717, 1.165) is 29.3 Å². The molecule has 3 heteroatoms. The highest BCUT2D eigenvalue weighted by molar-refractivity contribution is 7.99. The van der Waals surface area contributed by atoms with Gasteiger partial charge in [0.2, 0.25) is 0 Å². The molecule has 2 nitrogen and oxygen atoms in total. The molecule has 3 fully saturated rings. The van der Waals surface area contributed by atoms with Crippen molar-refractivity contribution < 1.29 is 0 Å². The largest absolute Gasteiger partial charge is 0.310 e. The van der Waals surface area contributed by atoms with Crippen LogP contribution in [-0.2, 0) is 0 Å². The molecule has 0 aromatic rings. The van der Waals surface area contributed by atoms with E-state index >= 15 is 0 Å². The van der Waals surface area contributed by atoms with Gasteiger partial charge in [-0.3, -0.25) is 0 Å². The molecule has 0 amide bonds. The van der Waals surface area contributed by atoms with Crippen LogP contribution in [0, 0.1) is 5.92 Å². The molecular formula is C18H34N2S. The number of piperidine rings is 1. The van der Waals surface area contributed by atoms with Gasteiger partial charge in [0.1, 0.15) is 0 Å². The Labute approximate surface area is 135 Å². The van der Waals surface area contributed by atoms with E-state index in [-0.39, 0.29) is 0 Å². The van der Waals surface area contributed by atoms with E-state index in [1.807, 2.05) is 0 Å². The fourth-order valence-electron chi connectivity index (χ4n) is 4.94. The third kappa shape index (κ3) is 3.97. The predicted molar refractivity (Wildman–Crippen MR) is 94.1 cm³/mol. The Hall–Kier alpha value is 0.270. The summed E-state index contributed by atoms with van der Waals surface area (Å²) in [6.45, 7) is 5.16. The number of likely N-dealkylation sites (tertiary alicyclic amines) is 1. The number of thioether (sulfide) groups is 1. The molecule has 3 aliphatic rings. The monoisotopic (exact) mass is 310 g/mol. The van der Waals surface area contributed by atoms with E-state index in [0.29, 0.717) is 0 Å². The number of hydrogen-bond donors (Lipinski definition) is 1. The van der Waals surface area contributed by atoms with Crippen LogP contribution in [0.1, 0.15) is 64.7 Å². The lowest BCUT2D eigenvalue weighted by molar-refractivity contribution is 0.0799. The van der Waals surface area contributed by atoms with Crippen LogP contribution in [-0.4, -0.2) is 47.6 Å². The van der Waals surface area contributed by atoms with Gasteiger partial charge >= 0.3 is 0 Å². The third-order valence-corrected chi connectivity index (χ3v) is 7.44. The lowest BCUT2D eigenvalue weighted by Gasteiger charge is -2.43. The fourth-order valence-corrected chi connectivity index (χ4v) is 5.88. The van der Waals surface area contributed by atoms with Crippen LogP contribution in [0.15, 0.2) is 0 Å². The Morgan fingerprint density at radius 1 is 0.905 bits per heavy atom. The second-order valence-corrected chi connectivity index (χ2v) is 8.69. The van der Waals surface area contributed by atoms with Crippen molar-refractivity contribution in [1.82, 2.24) is 10.2 Å². The maximum Gasteiger partial charge on any atom is 0.0198 e. The number of nitrogens with zero attached hydrogens (tertiary/aromatic N) is 1. The van der Waals surface area contributed by atoms with Gasteiger partial charge in [0.25, 0.3) is 0 Å². The Balaban J connectivity index is 1.44. The van der Waals surface area contributed by atoms with Crippen molar-refractivity contribution in [2.24, 2.45) is 5.92 Å². The molecule has 0 spiro atoms. The summed E-state index contributed by atoms with van der Waals surface area (Å²) in [6, 6.07) is 2.48. The van der Waals surface area contributed by atoms with Crippen LogP contribution in [0.3, 0.4) is 0 Å². The lowest BCUT2D eigenvalue weighted by atomic mass is 9.84. The first-order valence-electron chi connectivity index (χ1n) is 9.31. The first kappa shape index (κ1) is 16.1. The van der Waals surface area contributed by atoms with Gasteiger partial charge in [-0.05, 0) is 63.8 Å². The molecule has 2 aliphatic carbocycles. The molecule has 0 unspecified atom stereocenters. The molecule has 1 aliphatic heterocycles. The summed E-state index contributed by atoms with van der Waals surface area (Å²) >= 11 is 2.08. The van der Waals surface area contributed by atoms with Crippen molar-refractivity contribution >= 4 is 11.8 Å². The molecule has 3 rings (SSSR count). The SMILES string of the molecule is CS[C@@H]1CCC[C@@H]1NC1CCN([C@H]2CCCC[C@@H]2C)CC1. The average Bonchev–Trinajstić information content (AvgIpc) is 2.96. The summed E-state index contributed by atoms with van der Waals surface area (Å²) in [5.74, 6) is 0.930. The van der Waals surface area contributed by atoms with Gasteiger partial charge < -0.3 is 10.2 Å². The Morgan fingerprint density at radius 2 is 1.67 bits per heavy atom. The number of hydrogen-bond acceptors (Lipinski definition) is 3. The second-order valence-electron chi connectivity index (χ2n) is 7.62. The van der Waals surface area contributed by atoms with Crippen molar-refractivity contribution in [3.63, 3.8) is 0 Å². The maximum absolute atomic E-state index is 4.01. The van der Waals surface area contributed by atoms with Gasteiger partial charge in [-0.1, -0.05) is 26.2 Å². The minimum Gasteiger partial charge on any atom is -0.310 e. The fraction of sp³-hybridized carbons (Fsp3) is 1.00. The zero-order valence-electron chi connectivity index (χ0n) is 14.0. The molecule has 1 saturated heterocycles. The standard InChI is InChI=1S/C18H34N2S/c1-14-6-3-4-8-17(14)20-12-10-15(11-13-20)19-16-7-5-9-18(16)21-2/h14-19H,3-13H2,1-2H3/t14-,16-,17-,18+/m0/s1. The van der Waals surface area contributed by atoms with Crippen LogP contribution in [0.4, 0.5) is 0 Å². The molecule has 0 aromatic carbocycles. The highest BCUT2D eigenvalue weighted by Gasteiger charge is 2.32. The summed E-state index contributed by atoms with van der Waals surface area (Å²) in [4.78, 5) is 2.82. The van der Waals surface area contributed by atoms with Gasteiger partial charge in [0.05, 0.1) is 0 Å². The van der Waals surface area contributed by atoms with Crippen molar-refractivity contribution in [1.29, 1.82) is 0 Å². The summed E-state index contributed by atoms with van der Waals surface area (Å²) in [7, 11) is 0. The van der Waals surface area contributed by atoms with E-state index in [1.54, 1.807) is 0 Å². The molecule has 2 saturated carbocycles. The topological polar surface area (TPSA) is 15.3 Å². The quantitative estimate of drug-likeness (QED) is 0.848. The molecule has 122 valence electrons. The van der Waals surface area contributed by atoms with Gasteiger partial charge in [-0.2, -0.15) is 11.8 Å². The highest BCUT2D eigenvalue weighted by Crippen LogP contribution is 2.32. The summed E-state index contributed by atoms with van der Waals surface area (Å²) in [5.41, 5.74) is 0. The molecule has 0 radical (unpaired) electrons. The Bertz CT molecular complexity index is 314. The van der Waals surface area contributed by atoms with E-state index in [2.05, 4.69) is 35.2 Å². The molecule has 1 N–H and O–H groups in total. The van der Waals surface area contributed by atoms with Crippen LogP contribution in [0.25, 0.3) is 0 Å². The molecule has 0 bridgehead atoms.